The summed E-state index contributed by atoms with van der Waals surface area (Å²) in [6, 6.07) is 3.93. The largest absolute Gasteiger partial charge is 0.477 e. The molecule has 2 rings (SSSR count). The molecule has 1 N–H and O–H groups in total. The van der Waals surface area contributed by atoms with Crippen LogP contribution in [0.2, 0.25) is 0 Å². The van der Waals surface area contributed by atoms with Crippen molar-refractivity contribution >= 4 is 17.9 Å². The molecule has 0 unspecified atom stereocenters. The van der Waals surface area contributed by atoms with Gasteiger partial charge in [0.2, 0.25) is 0 Å². The number of nitrogens with zero attached hydrogens (tertiary/aromatic N) is 1. The Balaban J connectivity index is 1.96. The minimum Gasteiger partial charge on any atom is -0.477 e. The van der Waals surface area contributed by atoms with Crippen molar-refractivity contribution in [2.75, 3.05) is 6.61 Å². The van der Waals surface area contributed by atoms with Crippen molar-refractivity contribution in [3.05, 3.63) is 33.9 Å². The zero-order valence-corrected chi connectivity index (χ0v) is 11.6. The first-order valence-corrected chi connectivity index (χ1v) is 6.67. The van der Waals surface area contributed by atoms with Gasteiger partial charge in [-0.2, -0.15) is 0 Å². The van der Waals surface area contributed by atoms with E-state index in [1.165, 1.54) is 12.1 Å². The van der Waals surface area contributed by atoms with Crippen LogP contribution in [0.5, 0.6) is 5.75 Å². The summed E-state index contributed by atoms with van der Waals surface area (Å²) in [6.07, 6.45) is 2.74. The molecule has 112 valence electrons. The fraction of sp³-hybridized carbons (Fsp3) is 0.429. The molecule has 0 aliphatic heterocycles. The maximum absolute atomic E-state index is 11.7. The highest BCUT2D eigenvalue weighted by Crippen LogP contribution is 2.32. The van der Waals surface area contributed by atoms with Gasteiger partial charge in [0.15, 0.2) is 12.4 Å². The van der Waals surface area contributed by atoms with Gasteiger partial charge in [-0.3, -0.25) is 19.7 Å². The molecule has 1 atom stereocenters. The average molecular weight is 292 g/mol. The highest BCUT2D eigenvalue weighted by atomic mass is 16.6. The highest BCUT2D eigenvalue weighted by Gasteiger charge is 2.29. The third kappa shape index (κ3) is 4.01. The number of carbonyl (C=O) groups is 2. The first-order valence-electron chi connectivity index (χ1n) is 6.67. The summed E-state index contributed by atoms with van der Waals surface area (Å²) in [5.74, 6) is 0.179. The smallest absolute Gasteiger partial charge is 0.311 e. The standard InChI is InChI=1S/C14H16N2O5/c1-9(11-3-4-11)15-14(18)8-21-13-5-2-10(7-17)6-12(13)16(19)20/h2,5-7,9,11H,3-4,8H2,1H3,(H,15,18)/t9-/m0/s1. The van der Waals surface area contributed by atoms with E-state index in [9.17, 15) is 19.7 Å². The molecular weight excluding hydrogens is 276 g/mol. The van der Waals surface area contributed by atoms with Crippen LogP contribution in [-0.4, -0.2) is 29.8 Å². The monoisotopic (exact) mass is 292 g/mol. The number of hydrogen-bond donors (Lipinski definition) is 1. The zero-order valence-electron chi connectivity index (χ0n) is 11.6. The molecule has 0 bridgehead atoms. The zero-order chi connectivity index (χ0) is 15.4. The normalized spacial score (nSPS) is 15.1. The van der Waals surface area contributed by atoms with Crippen LogP contribution in [0, 0.1) is 16.0 Å². The van der Waals surface area contributed by atoms with Crippen LogP contribution in [0.25, 0.3) is 0 Å². The Hall–Kier alpha value is -2.44. The maximum atomic E-state index is 11.7. The summed E-state index contributed by atoms with van der Waals surface area (Å²) >= 11 is 0. The van der Waals surface area contributed by atoms with Crippen LogP contribution >= 0.6 is 0 Å². The number of amides is 1. The Kier molecular flexibility index (Phi) is 4.52. The second-order valence-corrected chi connectivity index (χ2v) is 5.08. The summed E-state index contributed by atoms with van der Waals surface area (Å²) in [5, 5.41) is 13.7. The van der Waals surface area contributed by atoms with Gasteiger partial charge in [0.1, 0.15) is 6.29 Å². The molecule has 7 heteroatoms. The lowest BCUT2D eigenvalue weighted by Gasteiger charge is -2.13. The molecule has 21 heavy (non-hydrogen) atoms. The third-order valence-corrected chi connectivity index (χ3v) is 3.39. The van der Waals surface area contributed by atoms with Gasteiger partial charge in [-0.25, -0.2) is 0 Å². The fourth-order valence-corrected chi connectivity index (χ4v) is 2.03. The van der Waals surface area contributed by atoms with Crippen LogP contribution in [-0.2, 0) is 4.79 Å². The van der Waals surface area contributed by atoms with Gasteiger partial charge in [-0.05, 0) is 37.8 Å². The molecule has 0 saturated heterocycles. The Morgan fingerprint density at radius 2 is 2.29 bits per heavy atom. The fourth-order valence-electron chi connectivity index (χ4n) is 2.03. The Labute approximate surface area is 121 Å². The molecule has 0 heterocycles. The van der Waals surface area contributed by atoms with Crippen molar-refractivity contribution in [1.82, 2.24) is 5.32 Å². The van der Waals surface area contributed by atoms with Crippen LogP contribution in [0.15, 0.2) is 18.2 Å². The van der Waals surface area contributed by atoms with E-state index in [-0.39, 0.29) is 35.6 Å². The summed E-state index contributed by atoms with van der Waals surface area (Å²) in [6.45, 7) is 1.63. The molecule has 0 spiro atoms. The minimum absolute atomic E-state index is 0.0279. The summed E-state index contributed by atoms with van der Waals surface area (Å²) < 4.78 is 5.19. The van der Waals surface area contributed by atoms with Gasteiger partial charge in [0, 0.05) is 17.7 Å². The number of aldehydes is 1. The molecule has 7 nitrogen and oxygen atoms in total. The van der Waals surface area contributed by atoms with Crippen LogP contribution in [0.1, 0.15) is 30.1 Å². The van der Waals surface area contributed by atoms with E-state index in [2.05, 4.69) is 5.32 Å². The molecular formula is C14H16N2O5. The van der Waals surface area contributed by atoms with Gasteiger partial charge in [-0.1, -0.05) is 0 Å². The number of rotatable bonds is 7. The number of hydrogen-bond acceptors (Lipinski definition) is 5. The number of nitro benzene ring substituents is 1. The summed E-state index contributed by atoms with van der Waals surface area (Å²) in [5.41, 5.74) is -0.150. The van der Waals surface area contributed by atoms with E-state index < -0.39 is 4.92 Å². The van der Waals surface area contributed by atoms with E-state index >= 15 is 0 Å². The molecule has 1 aliphatic carbocycles. The molecule has 1 saturated carbocycles. The molecule has 0 radical (unpaired) electrons. The van der Waals surface area contributed by atoms with Crippen molar-refractivity contribution in [2.24, 2.45) is 5.92 Å². The number of nitro groups is 1. The molecule has 1 aromatic rings. The lowest BCUT2D eigenvalue weighted by Crippen LogP contribution is -2.37. The Bertz CT molecular complexity index is 568. The Morgan fingerprint density at radius 1 is 1.57 bits per heavy atom. The van der Waals surface area contributed by atoms with Crippen LogP contribution < -0.4 is 10.1 Å². The SMILES string of the molecule is C[C@H](NC(=O)COc1ccc(C=O)cc1[N+](=O)[O-])C1CC1. The topological polar surface area (TPSA) is 98.5 Å². The molecule has 0 aromatic heterocycles. The maximum Gasteiger partial charge on any atom is 0.311 e. The Morgan fingerprint density at radius 3 is 2.86 bits per heavy atom. The van der Waals surface area contributed by atoms with Crippen molar-refractivity contribution in [2.45, 2.75) is 25.8 Å². The van der Waals surface area contributed by atoms with Crippen molar-refractivity contribution in [3.63, 3.8) is 0 Å². The van der Waals surface area contributed by atoms with E-state index in [1.807, 2.05) is 6.92 Å². The van der Waals surface area contributed by atoms with Gasteiger partial charge in [0.25, 0.3) is 5.91 Å². The number of carbonyl (C=O) groups excluding carboxylic acids is 2. The van der Waals surface area contributed by atoms with Gasteiger partial charge in [0.05, 0.1) is 4.92 Å². The minimum atomic E-state index is -0.646. The van der Waals surface area contributed by atoms with E-state index in [4.69, 9.17) is 4.74 Å². The second-order valence-electron chi connectivity index (χ2n) is 5.08. The van der Waals surface area contributed by atoms with Crippen LogP contribution in [0.3, 0.4) is 0 Å². The van der Waals surface area contributed by atoms with E-state index in [1.54, 1.807) is 0 Å². The first-order chi connectivity index (χ1) is 10.0. The summed E-state index contributed by atoms with van der Waals surface area (Å²) in [4.78, 5) is 32.6. The van der Waals surface area contributed by atoms with E-state index in [0.29, 0.717) is 12.2 Å². The number of nitrogens with one attached hydrogen (secondary N) is 1. The van der Waals surface area contributed by atoms with Crippen molar-refractivity contribution in [3.8, 4) is 5.75 Å². The molecule has 1 aromatic carbocycles. The predicted octanol–water partition coefficient (Wildman–Crippen LogP) is 1.70. The lowest BCUT2D eigenvalue weighted by atomic mass is 10.2. The third-order valence-electron chi connectivity index (χ3n) is 3.39. The first kappa shape index (κ1) is 15.0. The second kappa shape index (κ2) is 6.34. The quantitative estimate of drug-likeness (QED) is 0.468. The van der Waals surface area contributed by atoms with Gasteiger partial charge in [-0.15, -0.1) is 0 Å². The number of ether oxygens (including phenoxy) is 1. The summed E-state index contributed by atoms with van der Waals surface area (Å²) in [7, 11) is 0. The highest BCUT2D eigenvalue weighted by molar-refractivity contribution is 5.79. The van der Waals surface area contributed by atoms with E-state index in [0.717, 1.165) is 18.9 Å². The number of benzene rings is 1. The van der Waals surface area contributed by atoms with Gasteiger partial charge >= 0.3 is 5.69 Å². The van der Waals surface area contributed by atoms with Crippen molar-refractivity contribution < 1.29 is 19.2 Å². The van der Waals surface area contributed by atoms with Crippen LogP contribution in [0.4, 0.5) is 5.69 Å². The molecule has 1 amide bonds. The predicted molar refractivity (Wildman–Crippen MR) is 74.3 cm³/mol. The average Bonchev–Trinajstić information content (AvgIpc) is 3.29. The molecule has 1 fully saturated rings. The van der Waals surface area contributed by atoms with Gasteiger partial charge < -0.3 is 10.1 Å². The molecule has 1 aliphatic rings. The van der Waals surface area contributed by atoms with Crippen molar-refractivity contribution in [1.29, 1.82) is 0 Å². The lowest BCUT2D eigenvalue weighted by molar-refractivity contribution is -0.385.